The van der Waals surface area contributed by atoms with E-state index in [0.717, 1.165) is 5.82 Å². The van der Waals surface area contributed by atoms with Gasteiger partial charge in [-0.25, -0.2) is 9.97 Å². The molecule has 0 aromatic carbocycles. The Labute approximate surface area is 124 Å². The van der Waals surface area contributed by atoms with Gasteiger partial charge in [-0.05, 0) is 12.5 Å². The highest BCUT2D eigenvalue weighted by Crippen LogP contribution is 2.19. The van der Waals surface area contributed by atoms with Crippen LogP contribution in [0.5, 0.6) is 0 Å². The van der Waals surface area contributed by atoms with Crippen LogP contribution < -0.4 is 5.73 Å². The lowest BCUT2D eigenvalue weighted by Gasteiger charge is -2.10. The van der Waals surface area contributed by atoms with Crippen LogP contribution in [0, 0.1) is 0 Å². The van der Waals surface area contributed by atoms with Crippen LogP contribution in [0.15, 0.2) is 12.3 Å². The number of unbranched alkanes of at least 4 members (excludes halogenated alkanes) is 8. The summed E-state index contributed by atoms with van der Waals surface area (Å²) in [4.78, 5) is 8.60. The van der Waals surface area contributed by atoms with Gasteiger partial charge in [0.15, 0.2) is 0 Å². The summed E-state index contributed by atoms with van der Waals surface area (Å²) in [7, 11) is 0. The third-order valence-corrected chi connectivity index (χ3v) is 3.88. The van der Waals surface area contributed by atoms with Crippen molar-refractivity contribution in [2.45, 2.75) is 84.0 Å². The molecule has 2 N–H and O–H groups in total. The molecule has 0 amide bonds. The summed E-state index contributed by atoms with van der Waals surface area (Å²) in [5.41, 5.74) is 5.69. The number of hydrogen-bond acceptors (Lipinski definition) is 3. The van der Waals surface area contributed by atoms with E-state index in [0.29, 0.717) is 11.7 Å². The average molecular weight is 277 g/mol. The molecule has 3 nitrogen and oxygen atoms in total. The Balaban J connectivity index is 2.01. The van der Waals surface area contributed by atoms with Gasteiger partial charge in [-0.1, -0.05) is 71.6 Å². The fraction of sp³-hybridized carbons (Fsp3) is 0.765. The Morgan fingerprint density at radius 2 is 1.60 bits per heavy atom. The first kappa shape index (κ1) is 16.9. The number of nitrogens with two attached hydrogens (primary N) is 1. The number of nitrogens with zero attached hydrogens (tertiary/aromatic N) is 2. The van der Waals surface area contributed by atoms with Gasteiger partial charge in [-0.2, -0.15) is 0 Å². The Bertz CT molecular complexity index is 352. The van der Waals surface area contributed by atoms with E-state index < -0.39 is 0 Å². The first-order valence-corrected chi connectivity index (χ1v) is 8.32. The molecule has 3 heteroatoms. The Morgan fingerprint density at radius 3 is 2.20 bits per heavy atom. The van der Waals surface area contributed by atoms with Crippen LogP contribution in [0.25, 0.3) is 0 Å². The van der Waals surface area contributed by atoms with Crippen molar-refractivity contribution in [3.05, 3.63) is 18.1 Å². The van der Waals surface area contributed by atoms with Gasteiger partial charge in [0.2, 0.25) is 0 Å². The van der Waals surface area contributed by atoms with Crippen molar-refractivity contribution in [3.63, 3.8) is 0 Å². The SMILES string of the molecule is CCCCCCCCCCCC(C)c1nccc(N)n1. The molecule has 114 valence electrons. The maximum Gasteiger partial charge on any atom is 0.133 e. The fourth-order valence-corrected chi connectivity index (χ4v) is 2.52. The summed E-state index contributed by atoms with van der Waals surface area (Å²) in [6.45, 7) is 4.46. The summed E-state index contributed by atoms with van der Waals surface area (Å²) in [6.07, 6.45) is 15.3. The molecule has 1 rings (SSSR count). The van der Waals surface area contributed by atoms with Gasteiger partial charge >= 0.3 is 0 Å². The molecule has 0 aliphatic carbocycles. The molecule has 0 bridgehead atoms. The van der Waals surface area contributed by atoms with Gasteiger partial charge in [0, 0.05) is 12.1 Å². The molecule has 0 aliphatic heterocycles. The predicted molar refractivity (Wildman–Crippen MR) is 86.7 cm³/mol. The maximum absolute atomic E-state index is 5.69. The lowest BCUT2D eigenvalue weighted by Crippen LogP contribution is -2.03. The van der Waals surface area contributed by atoms with E-state index in [9.17, 15) is 0 Å². The van der Waals surface area contributed by atoms with Crippen molar-refractivity contribution in [3.8, 4) is 0 Å². The Hall–Kier alpha value is -1.12. The third kappa shape index (κ3) is 7.46. The third-order valence-electron chi connectivity index (χ3n) is 3.88. The average Bonchev–Trinajstić information content (AvgIpc) is 2.45. The van der Waals surface area contributed by atoms with Crippen molar-refractivity contribution in [1.82, 2.24) is 9.97 Å². The van der Waals surface area contributed by atoms with Gasteiger partial charge in [0.25, 0.3) is 0 Å². The molecule has 1 atom stereocenters. The van der Waals surface area contributed by atoms with Crippen molar-refractivity contribution in [1.29, 1.82) is 0 Å². The van der Waals surface area contributed by atoms with E-state index in [-0.39, 0.29) is 0 Å². The second kappa shape index (κ2) is 10.6. The fourth-order valence-electron chi connectivity index (χ4n) is 2.52. The van der Waals surface area contributed by atoms with Crippen LogP contribution in [-0.2, 0) is 0 Å². The number of hydrogen-bond donors (Lipinski definition) is 1. The van der Waals surface area contributed by atoms with E-state index in [2.05, 4.69) is 23.8 Å². The minimum Gasteiger partial charge on any atom is -0.384 e. The lowest BCUT2D eigenvalue weighted by atomic mass is 10.0. The molecule has 1 aromatic rings. The van der Waals surface area contributed by atoms with Crippen LogP contribution in [0.3, 0.4) is 0 Å². The van der Waals surface area contributed by atoms with Crippen molar-refractivity contribution >= 4 is 5.82 Å². The van der Waals surface area contributed by atoms with Gasteiger partial charge in [-0.15, -0.1) is 0 Å². The number of anilines is 1. The Kier molecular flexibility index (Phi) is 9.01. The summed E-state index contributed by atoms with van der Waals surface area (Å²) < 4.78 is 0. The molecule has 1 unspecified atom stereocenters. The smallest absolute Gasteiger partial charge is 0.133 e. The predicted octanol–water partition coefficient (Wildman–Crippen LogP) is 5.08. The van der Waals surface area contributed by atoms with Crippen LogP contribution in [0.4, 0.5) is 5.82 Å². The molecule has 0 spiro atoms. The van der Waals surface area contributed by atoms with Gasteiger partial charge in [-0.3, -0.25) is 0 Å². The number of rotatable bonds is 11. The topological polar surface area (TPSA) is 51.8 Å². The van der Waals surface area contributed by atoms with E-state index in [1.54, 1.807) is 12.3 Å². The number of aromatic nitrogens is 2. The molecule has 1 aromatic heterocycles. The van der Waals surface area contributed by atoms with E-state index in [1.165, 1.54) is 64.2 Å². The standard InChI is InChI=1S/C17H31N3/c1-3-4-5-6-7-8-9-10-11-12-15(2)17-19-14-13-16(18)20-17/h13-15H,3-12H2,1-2H3,(H2,18,19,20). The van der Waals surface area contributed by atoms with Crippen LogP contribution >= 0.6 is 0 Å². The zero-order valence-corrected chi connectivity index (χ0v) is 13.3. The van der Waals surface area contributed by atoms with Crippen molar-refractivity contribution in [2.24, 2.45) is 0 Å². The van der Waals surface area contributed by atoms with E-state index in [1.807, 2.05) is 0 Å². The minimum atomic E-state index is 0.419. The second-order valence-corrected chi connectivity index (χ2v) is 5.86. The van der Waals surface area contributed by atoms with Crippen molar-refractivity contribution < 1.29 is 0 Å². The highest BCUT2D eigenvalue weighted by molar-refractivity contribution is 5.25. The van der Waals surface area contributed by atoms with Gasteiger partial charge < -0.3 is 5.73 Å². The molecule has 0 saturated carbocycles. The zero-order valence-electron chi connectivity index (χ0n) is 13.3. The molecule has 0 aliphatic rings. The lowest BCUT2D eigenvalue weighted by molar-refractivity contribution is 0.531. The second-order valence-electron chi connectivity index (χ2n) is 5.86. The summed E-state index contributed by atoms with van der Waals surface area (Å²) in [5.74, 6) is 1.89. The molecule has 1 heterocycles. The normalized spacial score (nSPS) is 12.5. The van der Waals surface area contributed by atoms with E-state index in [4.69, 9.17) is 5.73 Å². The maximum atomic E-state index is 5.69. The number of nitrogen functional groups attached to an aromatic ring is 1. The van der Waals surface area contributed by atoms with E-state index >= 15 is 0 Å². The van der Waals surface area contributed by atoms with Crippen LogP contribution in [-0.4, -0.2) is 9.97 Å². The minimum absolute atomic E-state index is 0.419. The molecular weight excluding hydrogens is 246 g/mol. The zero-order chi connectivity index (χ0) is 14.6. The first-order chi connectivity index (χ1) is 9.74. The first-order valence-electron chi connectivity index (χ1n) is 8.32. The summed E-state index contributed by atoms with van der Waals surface area (Å²) in [6, 6.07) is 1.74. The monoisotopic (exact) mass is 277 g/mol. The highest BCUT2D eigenvalue weighted by Gasteiger charge is 2.08. The van der Waals surface area contributed by atoms with Crippen LogP contribution in [0.2, 0.25) is 0 Å². The largest absolute Gasteiger partial charge is 0.384 e. The molecule has 0 fully saturated rings. The Morgan fingerprint density at radius 1 is 1.00 bits per heavy atom. The molecule has 20 heavy (non-hydrogen) atoms. The summed E-state index contributed by atoms with van der Waals surface area (Å²) >= 11 is 0. The molecular formula is C17H31N3. The highest BCUT2D eigenvalue weighted by atomic mass is 14.9. The molecule has 0 saturated heterocycles. The summed E-state index contributed by atoms with van der Waals surface area (Å²) in [5, 5.41) is 0. The van der Waals surface area contributed by atoms with Crippen molar-refractivity contribution in [2.75, 3.05) is 5.73 Å². The quantitative estimate of drug-likeness (QED) is 0.574. The van der Waals surface area contributed by atoms with Gasteiger partial charge in [0.1, 0.15) is 11.6 Å². The van der Waals surface area contributed by atoms with Crippen LogP contribution in [0.1, 0.15) is 89.8 Å². The van der Waals surface area contributed by atoms with Gasteiger partial charge in [0.05, 0.1) is 0 Å². The molecule has 0 radical (unpaired) electrons.